The minimum atomic E-state index is -0.102. The van der Waals surface area contributed by atoms with Crippen LogP contribution < -0.4 is 10.6 Å². The van der Waals surface area contributed by atoms with Gasteiger partial charge in [0.15, 0.2) is 0 Å². The van der Waals surface area contributed by atoms with Gasteiger partial charge in [-0.05, 0) is 52.9 Å². The van der Waals surface area contributed by atoms with E-state index in [1.807, 2.05) is 25.2 Å². The highest BCUT2D eigenvalue weighted by atomic mass is 79.9. The molecule has 1 aliphatic rings. The van der Waals surface area contributed by atoms with Crippen LogP contribution in [0.1, 0.15) is 18.4 Å². The number of rotatable bonds is 4. The van der Waals surface area contributed by atoms with Crippen molar-refractivity contribution in [2.24, 2.45) is 11.7 Å². The second-order valence-electron chi connectivity index (χ2n) is 4.95. The summed E-state index contributed by atoms with van der Waals surface area (Å²) < 4.78 is 0.841. The first-order chi connectivity index (χ1) is 8.47. The lowest BCUT2D eigenvalue weighted by Crippen LogP contribution is -2.37. The van der Waals surface area contributed by atoms with Crippen LogP contribution in [0.25, 0.3) is 0 Å². The molecule has 1 fully saturated rings. The first-order valence-corrected chi connectivity index (χ1v) is 6.80. The van der Waals surface area contributed by atoms with Gasteiger partial charge in [-0.25, -0.2) is 0 Å². The van der Waals surface area contributed by atoms with Gasteiger partial charge in [0.05, 0.1) is 6.10 Å². The Morgan fingerprint density at radius 1 is 1.56 bits per heavy atom. The third kappa shape index (κ3) is 2.84. The van der Waals surface area contributed by atoms with Crippen LogP contribution in [-0.2, 0) is 0 Å². The molecule has 1 aromatic rings. The van der Waals surface area contributed by atoms with Crippen molar-refractivity contribution >= 4 is 27.5 Å². The normalized spacial score (nSPS) is 22.4. The molecule has 4 N–H and O–H groups in total. The molecule has 0 bridgehead atoms. The Hall–Kier alpha value is -1.07. The maximum atomic E-state index is 9.28. The molecule has 2 rings (SSSR count). The monoisotopic (exact) mass is 311 g/mol. The number of nitrogens with one attached hydrogen (secondary N) is 1. The van der Waals surface area contributed by atoms with E-state index in [4.69, 9.17) is 11.1 Å². The Morgan fingerprint density at radius 2 is 2.22 bits per heavy atom. The molecule has 0 amide bonds. The molecule has 1 saturated carbocycles. The summed E-state index contributed by atoms with van der Waals surface area (Å²) in [7, 11) is 2.04. The number of halogens is 1. The molecule has 0 radical (unpaired) electrons. The Balaban J connectivity index is 2.04. The van der Waals surface area contributed by atoms with E-state index in [1.54, 1.807) is 0 Å². The second-order valence-corrected chi connectivity index (χ2v) is 5.80. The van der Waals surface area contributed by atoms with E-state index in [0.717, 1.165) is 29.5 Å². The quantitative estimate of drug-likeness (QED) is 0.587. The third-order valence-corrected chi connectivity index (χ3v) is 4.08. The van der Waals surface area contributed by atoms with Crippen LogP contribution in [0.15, 0.2) is 22.7 Å². The average molecular weight is 312 g/mol. The molecule has 1 aromatic carbocycles. The number of aliphatic hydroxyl groups excluding tert-OH is 1. The predicted octanol–water partition coefficient (Wildman–Crippen LogP) is 1.94. The maximum absolute atomic E-state index is 9.28. The molecule has 0 aromatic heterocycles. The topological polar surface area (TPSA) is 73.3 Å². The summed E-state index contributed by atoms with van der Waals surface area (Å²) in [4.78, 5) is 2.17. The van der Waals surface area contributed by atoms with Crippen molar-refractivity contribution < 1.29 is 5.11 Å². The fourth-order valence-electron chi connectivity index (χ4n) is 2.30. The van der Waals surface area contributed by atoms with E-state index < -0.39 is 0 Å². The van der Waals surface area contributed by atoms with Gasteiger partial charge < -0.3 is 15.7 Å². The standard InChI is InChI=1S/C13H18BrN3O/c1-17(7-8-4-10(18)5-8)9-2-3-11(13(15)16)12(14)6-9/h2-3,6,8,10,18H,4-5,7H2,1H3,(H3,15,16). The minimum Gasteiger partial charge on any atom is -0.393 e. The van der Waals surface area contributed by atoms with Gasteiger partial charge in [-0.2, -0.15) is 0 Å². The highest BCUT2D eigenvalue weighted by Crippen LogP contribution is 2.30. The second kappa shape index (κ2) is 5.28. The Morgan fingerprint density at radius 3 is 2.72 bits per heavy atom. The summed E-state index contributed by atoms with van der Waals surface area (Å²) in [5.74, 6) is 0.648. The lowest BCUT2D eigenvalue weighted by molar-refractivity contribution is 0.0465. The van der Waals surface area contributed by atoms with Crippen LogP contribution in [0.3, 0.4) is 0 Å². The zero-order valence-electron chi connectivity index (χ0n) is 10.4. The molecule has 18 heavy (non-hydrogen) atoms. The SMILES string of the molecule is CN(CC1CC(O)C1)c1ccc(C(=N)N)c(Br)c1. The van der Waals surface area contributed by atoms with Gasteiger partial charge in [0.1, 0.15) is 5.84 Å². The first kappa shape index (κ1) is 13.4. The van der Waals surface area contributed by atoms with Gasteiger partial charge in [-0.3, -0.25) is 5.41 Å². The van der Waals surface area contributed by atoms with Crippen LogP contribution in [0, 0.1) is 11.3 Å². The molecule has 4 nitrogen and oxygen atoms in total. The summed E-state index contributed by atoms with van der Waals surface area (Å²) >= 11 is 3.44. The Kier molecular flexibility index (Phi) is 3.92. The Bertz CT molecular complexity index is 458. The van der Waals surface area contributed by atoms with Crippen molar-refractivity contribution in [1.29, 1.82) is 5.41 Å². The summed E-state index contributed by atoms with van der Waals surface area (Å²) in [6.45, 7) is 0.947. The van der Waals surface area contributed by atoms with Crippen LogP contribution in [0.4, 0.5) is 5.69 Å². The number of nitrogen functional groups attached to an aromatic ring is 1. The lowest BCUT2D eigenvalue weighted by Gasteiger charge is -2.35. The van der Waals surface area contributed by atoms with Crippen molar-refractivity contribution in [3.63, 3.8) is 0 Å². The average Bonchev–Trinajstić information content (AvgIpc) is 2.26. The van der Waals surface area contributed by atoms with Crippen LogP contribution in [0.5, 0.6) is 0 Å². The number of benzene rings is 1. The van der Waals surface area contributed by atoms with E-state index in [0.29, 0.717) is 11.5 Å². The molecule has 0 spiro atoms. The number of nitrogens with zero attached hydrogens (tertiary/aromatic N) is 1. The summed E-state index contributed by atoms with van der Waals surface area (Å²) in [5, 5.41) is 16.7. The van der Waals surface area contributed by atoms with Gasteiger partial charge in [0.2, 0.25) is 0 Å². The largest absolute Gasteiger partial charge is 0.393 e. The van der Waals surface area contributed by atoms with Crippen molar-refractivity contribution in [3.05, 3.63) is 28.2 Å². The zero-order valence-corrected chi connectivity index (χ0v) is 11.9. The van der Waals surface area contributed by atoms with Gasteiger partial charge in [0, 0.05) is 29.3 Å². The minimum absolute atomic E-state index is 0.0678. The Labute approximate surface area is 115 Å². The number of aliphatic hydroxyl groups is 1. The molecule has 0 heterocycles. The van der Waals surface area contributed by atoms with Crippen LogP contribution in [-0.4, -0.2) is 30.6 Å². The van der Waals surface area contributed by atoms with E-state index in [1.165, 1.54) is 0 Å². The van der Waals surface area contributed by atoms with Crippen molar-refractivity contribution in [3.8, 4) is 0 Å². The van der Waals surface area contributed by atoms with Crippen molar-refractivity contribution in [2.45, 2.75) is 18.9 Å². The number of nitrogens with two attached hydrogens (primary N) is 1. The summed E-state index contributed by atoms with van der Waals surface area (Å²) in [5.41, 5.74) is 7.28. The summed E-state index contributed by atoms with van der Waals surface area (Å²) in [6.07, 6.45) is 1.70. The molecule has 5 heteroatoms. The van der Waals surface area contributed by atoms with Gasteiger partial charge >= 0.3 is 0 Å². The van der Waals surface area contributed by atoms with E-state index >= 15 is 0 Å². The highest BCUT2D eigenvalue weighted by Gasteiger charge is 2.28. The lowest BCUT2D eigenvalue weighted by atomic mass is 9.82. The highest BCUT2D eigenvalue weighted by molar-refractivity contribution is 9.10. The molecule has 98 valence electrons. The van der Waals surface area contributed by atoms with Gasteiger partial charge in [0.25, 0.3) is 0 Å². The summed E-state index contributed by atoms with van der Waals surface area (Å²) in [6, 6.07) is 5.80. The van der Waals surface area contributed by atoms with Crippen LogP contribution >= 0.6 is 15.9 Å². The molecule has 0 aliphatic heterocycles. The number of hydrogen-bond acceptors (Lipinski definition) is 3. The van der Waals surface area contributed by atoms with Gasteiger partial charge in [-0.15, -0.1) is 0 Å². The molecule has 0 unspecified atom stereocenters. The first-order valence-electron chi connectivity index (χ1n) is 6.00. The fraction of sp³-hybridized carbons (Fsp3) is 0.462. The van der Waals surface area contributed by atoms with Crippen molar-refractivity contribution in [1.82, 2.24) is 0 Å². The van der Waals surface area contributed by atoms with E-state index in [-0.39, 0.29) is 11.9 Å². The number of amidine groups is 1. The fourth-order valence-corrected chi connectivity index (χ4v) is 2.88. The molecule has 0 atom stereocenters. The third-order valence-electron chi connectivity index (χ3n) is 3.43. The smallest absolute Gasteiger partial charge is 0.123 e. The van der Waals surface area contributed by atoms with Gasteiger partial charge in [-0.1, -0.05) is 0 Å². The molecular weight excluding hydrogens is 294 g/mol. The maximum Gasteiger partial charge on any atom is 0.123 e. The molecule has 1 aliphatic carbocycles. The van der Waals surface area contributed by atoms with E-state index in [2.05, 4.69) is 20.8 Å². The molecule has 0 saturated heterocycles. The van der Waals surface area contributed by atoms with Crippen LogP contribution in [0.2, 0.25) is 0 Å². The zero-order chi connectivity index (χ0) is 13.3. The van der Waals surface area contributed by atoms with Crippen molar-refractivity contribution in [2.75, 3.05) is 18.5 Å². The van der Waals surface area contributed by atoms with E-state index in [9.17, 15) is 5.11 Å². The number of anilines is 1. The molecular formula is C13H18BrN3O. The number of hydrogen-bond donors (Lipinski definition) is 3. The predicted molar refractivity (Wildman–Crippen MR) is 77.2 cm³/mol.